The summed E-state index contributed by atoms with van der Waals surface area (Å²) in [4.78, 5) is 27.2. The average Bonchev–Trinajstić information content (AvgIpc) is 3.32. The van der Waals surface area contributed by atoms with Gasteiger partial charge in [0.2, 0.25) is 0 Å². The molecule has 2 saturated heterocycles. The molecule has 37 heavy (non-hydrogen) atoms. The molecular weight excluding hydrogens is 515 g/mol. The topological polar surface area (TPSA) is 94.0 Å². The maximum atomic E-state index is 13.3. The van der Waals surface area contributed by atoms with E-state index in [2.05, 4.69) is 26.9 Å². The van der Waals surface area contributed by atoms with Crippen molar-refractivity contribution in [1.29, 1.82) is 0 Å². The third kappa shape index (κ3) is 10.3. The van der Waals surface area contributed by atoms with Gasteiger partial charge in [0.25, 0.3) is 0 Å². The Balaban J connectivity index is 0.000000286. The number of likely N-dealkylation sites (tertiary alicyclic amines) is 2. The fraction of sp³-hybridized carbons (Fsp3) is 0.435. The van der Waals surface area contributed by atoms with Crippen molar-refractivity contribution in [2.75, 3.05) is 26.2 Å². The summed E-state index contributed by atoms with van der Waals surface area (Å²) in [5, 5.41) is 14.2. The first kappa shape index (κ1) is 30.0. The number of benzene rings is 1. The Morgan fingerprint density at radius 1 is 0.811 bits per heavy atom. The standard InChI is InChI=1S/C19H22FN3.2C2HF3O2/c20-18-5-3-4-15(8-18)9-22-10-16-12-23(13-17(16)11-22)14-19-6-1-2-7-21-19;2*3-2(4,5)1(6)7/h1-8,16-17H,9-14H2;2*(H,6,7). The number of hydrogen-bond acceptors (Lipinski definition) is 5. The summed E-state index contributed by atoms with van der Waals surface area (Å²) in [6.07, 6.45) is -8.30. The summed E-state index contributed by atoms with van der Waals surface area (Å²) < 4.78 is 76.8. The van der Waals surface area contributed by atoms with Gasteiger partial charge in [-0.25, -0.2) is 14.0 Å². The fourth-order valence-corrected chi connectivity index (χ4v) is 4.06. The number of rotatable bonds is 4. The van der Waals surface area contributed by atoms with Gasteiger partial charge < -0.3 is 10.2 Å². The van der Waals surface area contributed by atoms with Crippen molar-refractivity contribution in [1.82, 2.24) is 14.8 Å². The number of alkyl halides is 6. The predicted molar refractivity (Wildman–Crippen MR) is 116 cm³/mol. The molecule has 0 aliphatic carbocycles. The Bertz CT molecular complexity index is 997. The van der Waals surface area contributed by atoms with E-state index in [-0.39, 0.29) is 5.82 Å². The summed E-state index contributed by atoms with van der Waals surface area (Å²) in [7, 11) is 0. The molecule has 7 nitrogen and oxygen atoms in total. The number of fused-ring (bicyclic) bond motifs is 1. The lowest BCUT2D eigenvalue weighted by molar-refractivity contribution is -0.193. The minimum absolute atomic E-state index is 0.136. The molecule has 3 heterocycles. The zero-order valence-electron chi connectivity index (χ0n) is 19.2. The van der Waals surface area contributed by atoms with Gasteiger partial charge in [-0.1, -0.05) is 18.2 Å². The first-order valence-corrected chi connectivity index (χ1v) is 10.8. The first-order chi connectivity index (χ1) is 17.1. The van der Waals surface area contributed by atoms with Gasteiger partial charge in [-0.05, 0) is 41.7 Å². The third-order valence-corrected chi connectivity index (χ3v) is 5.53. The highest BCUT2D eigenvalue weighted by Crippen LogP contribution is 2.32. The lowest BCUT2D eigenvalue weighted by Gasteiger charge is -2.21. The second kappa shape index (κ2) is 12.8. The highest BCUT2D eigenvalue weighted by atomic mass is 19.4. The summed E-state index contributed by atoms with van der Waals surface area (Å²) in [6.45, 7) is 6.38. The predicted octanol–water partition coefficient (Wildman–Crippen LogP) is 4.05. The Kier molecular flexibility index (Phi) is 10.4. The van der Waals surface area contributed by atoms with E-state index in [0.717, 1.165) is 62.4 Å². The maximum absolute atomic E-state index is 13.3. The molecule has 2 atom stereocenters. The van der Waals surface area contributed by atoms with Gasteiger partial charge >= 0.3 is 24.3 Å². The molecule has 0 saturated carbocycles. The van der Waals surface area contributed by atoms with Crippen molar-refractivity contribution in [3.05, 3.63) is 65.7 Å². The van der Waals surface area contributed by atoms with E-state index >= 15 is 0 Å². The van der Waals surface area contributed by atoms with Crippen molar-refractivity contribution in [3.63, 3.8) is 0 Å². The quantitative estimate of drug-likeness (QED) is 0.567. The highest BCUT2D eigenvalue weighted by molar-refractivity contribution is 5.73. The van der Waals surface area contributed by atoms with Crippen LogP contribution in [0.15, 0.2) is 48.7 Å². The zero-order valence-corrected chi connectivity index (χ0v) is 19.2. The van der Waals surface area contributed by atoms with Crippen LogP contribution in [-0.4, -0.2) is 75.5 Å². The lowest BCUT2D eigenvalue weighted by atomic mass is 10.0. The molecule has 14 heteroatoms. The third-order valence-electron chi connectivity index (χ3n) is 5.53. The van der Waals surface area contributed by atoms with Gasteiger partial charge in [-0.15, -0.1) is 0 Å². The van der Waals surface area contributed by atoms with Crippen molar-refractivity contribution in [3.8, 4) is 0 Å². The molecule has 2 aromatic rings. The highest BCUT2D eigenvalue weighted by Gasteiger charge is 2.40. The van der Waals surface area contributed by atoms with E-state index in [4.69, 9.17) is 19.8 Å². The van der Waals surface area contributed by atoms with Gasteiger partial charge in [0.15, 0.2) is 0 Å². The number of halogens is 7. The number of hydrogen-bond donors (Lipinski definition) is 2. The fourth-order valence-electron chi connectivity index (χ4n) is 4.06. The van der Waals surface area contributed by atoms with Gasteiger partial charge in [0, 0.05) is 45.5 Å². The Hall–Kier alpha value is -3.26. The van der Waals surface area contributed by atoms with Gasteiger partial charge in [0.1, 0.15) is 5.82 Å². The number of aromatic nitrogens is 1. The van der Waals surface area contributed by atoms with Crippen LogP contribution in [0.4, 0.5) is 30.7 Å². The number of carboxylic acid groups (broad SMARTS) is 2. The minimum Gasteiger partial charge on any atom is -0.475 e. The number of nitrogens with zero attached hydrogens (tertiary/aromatic N) is 3. The number of pyridine rings is 1. The maximum Gasteiger partial charge on any atom is 0.490 e. The molecule has 2 unspecified atom stereocenters. The van der Waals surface area contributed by atoms with Crippen LogP contribution in [0.3, 0.4) is 0 Å². The molecule has 2 aliphatic rings. The Morgan fingerprint density at radius 2 is 1.30 bits per heavy atom. The lowest BCUT2D eigenvalue weighted by Crippen LogP contribution is -2.28. The van der Waals surface area contributed by atoms with Crippen molar-refractivity contribution in [2.45, 2.75) is 25.4 Å². The summed E-state index contributed by atoms with van der Waals surface area (Å²) in [6, 6.07) is 13.1. The second-order valence-electron chi connectivity index (χ2n) is 8.47. The van der Waals surface area contributed by atoms with Crippen LogP contribution in [0.25, 0.3) is 0 Å². The van der Waals surface area contributed by atoms with Crippen molar-refractivity contribution in [2.24, 2.45) is 11.8 Å². The largest absolute Gasteiger partial charge is 0.490 e. The molecule has 1 aromatic carbocycles. The van der Waals surface area contributed by atoms with E-state index in [1.54, 1.807) is 12.1 Å². The van der Waals surface area contributed by atoms with Crippen molar-refractivity contribution >= 4 is 11.9 Å². The monoisotopic (exact) mass is 539 g/mol. The number of carbonyl (C=O) groups is 2. The van der Waals surface area contributed by atoms with Crippen LogP contribution >= 0.6 is 0 Å². The van der Waals surface area contributed by atoms with Crippen LogP contribution in [0, 0.1) is 17.7 Å². The summed E-state index contributed by atoms with van der Waals surface area (Å²) in [5.41, 5.74) is 2.24. The molecule has 0 amide bonds. The van der Waals surface area contributed by atoms with Gasteiger partial charge in [-0.2, -0.15) is 26.3 Å². The molecule has 2 fully saturated rings. The van der Waals surface area contributed by atoms with Crippen molar-refractivity contribution < 1.29 is 50.5 Å². The van der Waals surface area contributed by atoms with E-state index in [1.165, 1.54) is 6.07 Å². The smallest absolute Gasteiger partial charge is 0.475 e. The van der Waals surface area contributed by atoms with Crippen LogP contribution in [0.5, 0.6) is 0 Å². The molecule has 1 aromatic heterocycles. The second-order valence-corrected chi connectivity index (χ2v) is 8.47. The summed E-state index contributed by atoms with van der Waals surface area (Å²) >= 11 is 0. The van der Waals surface area contributed by atoms with E-state index in [1.807, 2.05) is 18.3 Å². The average molecular weight is 539 g/mol. The van der Waals surface area contributed by atoms with Crippen LogP contribution in [0.1, 0.15) is 11.3 Å². The molecule has 0 bridgehead atoms. The Morgan fingerprint density at radius 3 is 1.70 bits per heavy atom. The molecule has 0 radical (unpaired) electrons. The molecular formula is C23H24F7N3O4. The van der Waals surface area contributed by atoms with Gasteiger partial charge in [-0.3, -0.25) is 14.8 Å². The molecule has 2 N–H and O–H groups in total. The number of aliphatic carboxylic acids is 2. The van der Waals surface area contributed by atoms with E-state index < -0.39 is 24.3 Å². The summed E-state index contributed by atoms with van der Waals surface area (Å²) in [5.74, 6) is -4.16. The normalized spacial score (nSPS) is 19.8. The minimum atomic E-state index is -5.08. The zero-order chi connectivity index (χ0) is 27.8. The molecule has 0 spiro atoms. The SMILES string of the molecule is Fc1cccc(CN2CC3CN(Cc4ccccn4)CC3C2)c1.O=C(O)C(F)(F)F.O=C(O)C(F)(F)F. The van der Waals surface area contributed by atoms with E-state index in [9.17, 15) is 30.7 Å². The Labute approximate surface area is 207 Å². The molecule has 2 aliphatic heterocycles. The van der Waals surface area contributed by atoms with Crippen LogP contribution in [-0.2, 0) is 22.7 Å². The van der Waals surface area contributed by atoms with E-state index in [0.29, 0.717) is 0 Å². The molecule has 4 rings (SSSR count). The molecule has 204 valence electrons. The van der Waals surface area contributed by atoms with Gasteiger partial charge in [0.05, 0.1) is 5.69 Å². The van der Waals surface area contributed by atoms with Crippen LogP contribution in [0.2, 0.25) is 0 Å². The number of carboxylic acids is 2. The van der Waals surface area contributed by atoms with Crippen LogP contribution < -0.4 is 0 Å². The first-order valence-electron chi connectivity index (χ1n) is 10.8.